The Morgan fingerprint density at radius 1 is 0.674 bits per heavy atom. The molecule has 240 valence electrons. The topological polar surface area (TPSA) is 65.0 Å². The third kappa shape index (κ3) is 5.63. The monoisotopic (exact) mass is 615 g/mol. The lowest BCUT2D eigenvalue weighted by molar-refractivity contribution is 0.411. The molecule has 0 unspecified atom stereocenters. The first kappa shape index (κ1) is 32.0. The van der Waals surface area contributed by atoms with Gasteiger partial charge in [-0.3, -0.25) is 0 Å². The highest BCUT2D eigenvalue weighted by Gasteiger charge is 2.28. The van der Waals surface area contributed by atoms with Crippen LogP contribution in [-0.2, 0) is 17.3 Å². The van der Waals surface area contributed by atoms with Crippen LogP contribution < -0.4 is 0 Å². The average molecular weight is 616 g/mol. The van der Waals surface area contributed by atoms with Crippen LogP contribution in [0.25, 0.3) is 44.3 Å². The average Bonchev–Trinajstić information content (AvgIpc) is 3.58. The molecular formula is C41H49N3O2. The van der Waals surface area contributed by atoms with Gasteiger partial charge in [0.1, 0.15) is 23.0 Å². The molecule has 0 spiro atoms. The predicted octanol–water partition coefficient (Wildman–Crippen LogP) is 11.7. The zero-order valence-corrected chi connectivity index (χ0v) is 29.7. The van der Waals surface area contributed by atoms with Crippen molar-refractivity contribution >= 4 is 33.0 Å². The summed E-state index contributed by atoms with van der Waals surface area (Å²) in [7, 11) is 0. The number of rotatable bonds is 6. The number of furan rings is 1. The van der Waals surface area contributed by atoms with Crippen LogP contribution in [0.1, 0.15) is 140 Å². The second-order valence-corrected chi connectivity index (χ2v) is 16.0. The number of hydrogen-bond acceptors (Lipinski definition) is 5. The molecule has 6 rings (SSSR count). The van der Waals surface area contributed by atoms with Gasteiger partial charge in [-0.1, -0.05) is 107 Å². The molecule has 0 amide bonds. The molecule has 0 fully saturated rings. The van der Waals surface area contributed by atoms with Crippen molar-refractivity contribution in [3.05, 3.63) is 88.2 Å². The smallest absolute Gasteiger partial charge is 0.200 e. The molecule has 6 aromatic rings. The van der Waals surface area contributed by atoms with Gasteiger partial charge in [-0.05, 0) is 58.2 Å². The second kappa shape index (κ2) is 11.4. The molecule has 3 heterocycles. The Hall–Kier alpha value is -3.99. The van der Waals surface area contributed by atoms with Crippen molar-refractivity contribution in [1.82, 2.24) is 15.0 Å². The van der Waals surface area contributed by atoms with Crippen LogP contribution in [-0.4, -0.2) is 15.0 Å². The van der Waals surface area contributed by atoms with Gasteiger partial charge in [0, 0.05) is 44.8 Å². The normalized spacial score (nSPS) is 13.0. The summed E-state index contributed by atoms with van der Waals surface area (Å²) in [5.74, 6) is 1.94. The maximum atomic E-state index is 6.99. The lowest BCUT2D eigenvalue weighted by Gasteiger charge is -2.23. The summed E-state index contributed by atoms with van der Waals surface area (Å²) in [6, 6.07) is 15.4. The largest absolute Gasteiger partial charge is 0.455 e. The van der Waals surface area contributed by atoms with E-state index in [-0.39, 0.29) is 10.8 Å². The highest BCUT2D eigenvalue weighted by Crippen LogP contribution is 2.43. The van der Waals surface area contributed by atoms with E-state index in [1.54, 1.807) is 6.33 Å². The zero-order valence-electron chi connectivity index (χ0n) is 29.7. The molecule has 0 radical (unpaired) electrons. The number of hydrogen-bond donors (Lipinski definition) is 0. The van der Waals surface area contributed by atoms with Crippen molar-refractivity contribution < 1.29 is 8.83 Å². The second-order valence-electron chi connectivity index (χ2n) is 16.0. The molecule has 0 saturated heterocycles. The maximum Gasteiger partial charge on any atom is 0.200 e. The summed E-state index contributed by atoms with van der Waals surface area (Å²) in [5, 5.41) is 2.08. The molecular weight excluding hydrogens is 566 g/mol. The van der Waals surface area contributed by atoms with Gasteiger partial charge < -0.3 is 8.83 Å². The van der Waals surface area contributed by atoms with E-state index in [1.165, 1.54) is 22.3 Å². The van der Waals surface area contributed by atoms with Gasteiger partial charge in [0.15, 0.2) is 5.58 Å². The van der Waals surface area contributed by atoms with E-state index < -0.39 is 0 Å². The third-order valence-electron chi connectivity index (χ3n) is 9.20. The zero-order chi connectivity index (χ0) is 33.3. The predicted molar refractivity (Wildman–Crippen MR) is 191 cm³/mol. The Morgan fingerprint density at radius 2 is 1.35 bits per heavy atom. The molecule has 3 aromatic carbocycles. The Morgan fingerprint density at radius 3 is 1.93 bits per heavy atom. The van der Waals surface area contributed by atoms with E-state index >= 15 is 0 Å². The van der Waals surface area contributed by atoms with Crippen molar-refractivity contribution in [2.75, 3.05) is 0 Å². The van der Waals surface area contributed by atoms with E-state index in [2.05, 4.69) is 131 Å². The number of benzene rings is 3. The van der Waals surface area contributed by atoms with Crippen LogP contribution in [0.2, 0.25) is 0 Å². The van der Waals surface area contributed by atoms with Gasteiger partial charge in [-0.2, -0.15) is 0 Å². The van der Waals surface area contributed by atoms with Gasteiger partial charge in [0.2, 0.25) is 5.89 Å². The summed E-state index contributed by atoms with van der Waals surface area (Å²) in [5.41, 5.74) is 12.5. The van der Waals surface area contributed by atoms with E-state index in [9.17, 15) is 0 Å². The van der Waals surface area contributed by atoms with Crippen LogP contribution in [0.4, 0.5) is 0 Å². The molecule has 0 aliphatic carbocycles. The van der Waals surface area contributed by atoms with E-state index in [1.807, 2.05) is 0 Å². The Balaban J connectivity index is 1.67. The van der Waals surface area contributed by atoms with Crippen LogP contribution >= 0.6 is 0 Å². The van der Waals surface area contributed by atoms with Gasteiger partial charge in [-0.15, -0.1) is 0 Å². The molecule has 5 heteroatoms. The molecule has 0 bridgehead atoms. The van der Waals surface area contributed by atoms with Crippen LogP contribution in [0.15, 0.2) is 57.6 Å². The summed E-state index contributed by atoms with van der Waals surface area (Å²) in [6.07, 6.45) is 2.37. The lowest BCUT2D eigenvalue weighted by Crippen LogP contribution is -2.13. The summed E-state index contributed by atoms with van der Waals surface area (Å²) in [4.78, 5) is 14.4. The molecule has 46 heavy (non-hydrogen) atoms. The van der Waals surface area contributed by atoms with Crippen LogP contribution in [0, 0.1) is 0 Å². The number of fused-ring (bicyclic) bond motifs is 4. The molecule has 0 aliphatic rings. The van der Waals surface area contributed by atoms with Crippen LogP contribution in [0.3, 0.4) is 0 Å². The lowest BCUT2D eigenvalue weighted by atomic mass is 9.82. The Labute approximate surface area is 273 Å². The fraction of sp³-hybridized carbons (Fsp3) is 0.439. The first-order chi connectivity index (χ1) is 21.5. The SMILES string of the molecule is CC(C)c1cc(C(C)C)c(Cc2c3nc(C(C)(C)C)oc3cc3c2oc2c(-c4cc(C(C)(C)C)ncn4)cccc23)c(C(C)C)c1. The quantitative estimate of drug-likeness (QED) is 0.186. The van der Waals surface area contributed by atoms with Crippen molar-refractivity contribution in [2.24, 2.45) is 0 Å². The Bertz CT molecular complexity index is 2050. The van der Waals surface area contributed by atoms with E-state index in [0.29, 0.717) is 24.2 Å². The molecule has 0 N–H and O–H groups in total. The Kier molecular flexibility index (Phi) is 7.90. The van der Waals surface area contributed by atoms with Crippen molar-refractivity contribution in [2.45, 2.75) is 118 Å². The molecule has 0 atom stereocenters. The first-order valence-electron chi connectivity index (χ1n) is 16.8. The van der Waals surface area contributed by atoms with Crippen molar-refractivity contribution in [3.8, 4) is 11.3 Å². The summed E-state index contributed by atoms with van der Waals surface area (Å²) < 4.78 is 13.5. The highest BCUT2D eigenvalue weighted by atomic mass is 16.4. The minimum absolute atomic E-state index is 0.0963. The molecule has 0 saturated carbocycles. The number of nitrogens with zero attached hydrogens (tertiary/aromatic N) is 3. The van der Waals surface area contributed by atoms with Gasteiger partial charge in [-0.25, -0.2) is 15.0 Å². The fourth-order valence-electron chi connectivity index (χ4n) is 6.48. The van der Waals surface area contributed by atoms with E-state index in [0.717, 1.165) is 61.4 Å². The standard InChI is InChI=1S/C41H49N3O2/c1-22(2)25-16-28(23(3)4)30(29(17-25)24(5)6)18-32-36-34(45-39(44-36)41(10,11)12)19-31-26-14-13-15-27(37(26)46-38(31)32)33-20-35(40(7,8)9)43-21-42-33/h13-17,19-24H,18H2,1-12H3. The van der Waals surface area contributed by atoms with Gasteiger partial charge >= 0.3 is 0 Å². The number of aromatic nitrogens is 3. The fourth-order valence-corrected chi connectivity index (χ4v) is 6.48. The minimum Gasteiger partial charge on any atom is -0.455 e. The number of para-hydroxylation sites is 1. The van der Waals surface area contributed by atoms with Crippen LogP contribution in [0.5, 0.6) is 0 Å². The molecule has 5 nitrogen and oxygen atoms in total. The minimum atomic E-state index is -0.227. The third-order valence-corrected chi connectivity index (χ3v) is 9.20. The van der Waals surface area contributed by atoms with Crippen molar-refractivity contribution in [1.29, 1.82) is 0 Å². The van der Waals surface area contributed by atoms with Gasteiger partial charge in [0.05, 0.1) is 5.69 Å². The van der Waals surface area contributed by atoms with Crippen molar-refractivity contribution in [3.63, 3.8) is 0 Å². The number of oxazole rings is 1. The van der Waals surface area contributed by atoms with E-state index in [4.69, 9.17) is 18.8 Å². The first-order valence-corrected chi connectivity index (χ1v) is 16.8. The molecule has 0 aliphatic heterocycles. The summed E-state index contributed by atoms with van der Waals surface area (Å²) >= 11 is 0. The highest BCUT2D eigenvalue weighted by molar-refractivity contribution is 6.13. The maximum absolute atomic E-state index is 6.99. The van der Waals surface area contributed by atoms with Gasteiger partial charge in [0.25, 0.3) is 0 Å². The summed E-state index contributed by atoms with van der Waals surface area (Å²) in [6.45, 7) is 26.7. The molecule has 3 aromatic heterocycles.